The van der Waals surface area contributed by atoms with Gasteiger partial charge in [-0.05, 0) is 37.5 Å². The molecular formula is C12H13BrO3S. The molecule has 1 aromatic rings. The molecule has 0 radical (unpaired) electrons. The van der Waals surface area contributed by atoms with Crippen molar-refractivity contribution in [2.24, 2.45) is 0 Å². The summed E-state index contributed by atoms with van der Waals surface area (Å²) in [4.78, 5) is 11.2. The molecule has 3 nitrogen and oxygen atoms in total. The zero-order chi connectivity index (χ0) is 12.6. The van der Waals surface area contributed by atoms with Crippen LogP contribution in [0.1, 0.15) is 30.2 Å². The summed E-state index contributed by atoms with van der Waals surface area (Å²) in [5, 5.41) is -0.194. The van der Waals surface area contributed by atoms with Gasteiger partial charge >= 0.3 is 0 Å². The molecule has 17 heavy (non-hydrogen) atoms. The molecular weight excluding hydrogens is 304 g/mol. The molecule has 0 bridgehead atoms. The topological polar surface area (TPSA) is 51.2 Å². The minimum atomic E-state index is -3.13. The highest BCUT2D eigenvalue weighted by Crippen LogP contribution is 2.34. The van der Waals surface area contributed by atoms with Crippen LogP contribution < -0.4 is 0 Å². The van der Waals surface area contributed by atoms with E-state index in [0.717, 1.165) is 18.4 Å². The van der Waals surface area contributed by atoms with Crippen LogP contribution in [0.5, 0.6) is 0 Å². The van der Waals surface area contributed by atoms with Gasteiger partial charge in [0.15, 0.2) is 9.84 Å². The maximum Gasteiger partial charge on any atom is 0.181 e. The molecule has 0 heterocycles. The van der Waals surface area contributed by atoms with Crippen LogP contribution in [-0.2, 0) is 14.6 Å². The molecule has 1 saturated carbocycles. The molecule has 1 aliphatic carbocycles. The third-order valence-electron chi connectivity index (χ3n) is 2.82. The summed E-state index contributed by atoms with van der Waals surface area (Å²) in [5.41, 5.74) is 0.784. The van der Waals surface area contributed by atoms with Crippen molar-refractivity contribution in [3.05, 3.63) is 29.8 Å². The first-order valence-electron chi connectivity index (χ1n) is 5.41. The van der Waals surface area contributed by atoms with E-state index in [2.05, 4.69) is 15.9 Å². The maximum atomic E-state index is 11.9. The molecule has 0 N–H and O–H groups in total. The maximum absolute atomic E-state index is 11.9. The van der Waals surface area contributed by atoms with E-state index in [1.165, 1.54) is 6.92 Å². The van der Waals surface area contributed by atoms with E-state index >= 15 is 0 Å². The number of carbonyl (C=O) groups is 1. The highest BCUT2D eigenvalue weighted by Gasteiger charge is 2.36. The number of benzene rings is 1. The summed E-state index contributed by atoms with van der Waals surface area (Å²) in [6.07, 6.45) is 1.53. The molecule has 1 fully saturated rings. The van der Waals surface area contributed by atoms with Gasteiger partial charge in [-0.25, -0.2) is 8.42 Å². The zero-order valence-corrected chi connectivity index (χ0v) is 11.8. The minimum absolute atomic E-state index is 0.00259. The van der Waals surface area contributed by atoms with Crippen LogP contribution in [-0.4, -0.2) is 19.5 Å². The second-order valence-electron chi connectivity index (χ2n) is 4.29. The van der Waals surface area contributed by atoms with Crippen molar-refractivity contribution in [3.8, 4) is 0 Å². The van der Waals surface area contributed by atoms with E-state index in [-0.39, 0.29) is 15.9 Å². The van der Waals surface area contributed by atoms with Gasteiger partial charge in [-0.3, -0.25) is 4.79 Å². The number of carbonyl (C=O) groups excluding carboxylic acids is 1. The van der Waals surface area contributed by atoms with Gasteiger partial charge < -0.3 is 0 Å². The van der Waals surface area contributed by atoms with Crippen LogP contribution in [0.2, 0.25) is 0 Å². The molecule has 0 aliphatic heterocycles. The number of hydrogen-bond acceptors (Lipinski definition) is 3. The summed E-state index contributed by atoms with van der Waals surface area (Å²) in [7, 11) is -3.13. The van der Waals surface area contributed by atoms with E-state index < -0.39 is 9.84 Å². The molecule has 0 spiro atoms. The Labute approximate surface area is 109 Å². The van der Waals surface area contributed by atoms with Gasteiger partial charge in [-0.2, -0.15) is 0 Å². The van der Waals surface area contributed by atoms with E-state index in [9.17, 15) is 13.2 Å². The normalized spacial score (nSPS) is 17.8. The summed E-state index contributed by atoms with van der Waals surface area (Å²) in [6.45, 7) is 1.49. The molecule has 92 valence electrons. The second kappa shape index (κ2) is 4.53. The zero-order valence-electron chi connectivity index (χ0n) is 9.39. The third-order valence-corrected chi connectivity index (χ3v) is 6.27. The number of Topliss-reactive ketones (excluding diaryl/α,β-unsaturated/α-hetero) is 1. The molecule has 0 amide bonds. The fourth-order valence-electron chi connectivity index (χ4n) is 1.63. The van der Waals surface area contributed by atoms with E-state index in [0.29, 0.717) is 4.90 Å². The van der Waals surface area contributed by atoms with E-state index in [4.69, 9.17) is 0 Å². The Morgan fingerprint density at radius 2 is 1.82 bits per heavy atom. The lowest BCUT2D eigenvalue weighted by Crippen LogP contribution is -2.07. The molecule has 5 heteroatoms. The first kappa shape index (κ1) is 12.8. The molecule has 1 aromatic carbocycles. The van der Waals surface area contributed by atoms with Gasteiger partial charge in [-0.15, -0.1) is 0 Å². The highest BCUT2D eigenvalue weighted by molar-refractivity contribution is 9.09. The quantitative estimate of drug-likeness (QED) is 0.802. The first-order chi connectivity index (χ1) is 7.93. The van der Waals surface area contributed by atoms with Crippen molar-refractivity contribution in [1.82, 2.24) is 0 Å². The lowest BCUT2D eigenvalue weighted by atomic mass is 10.1. The smallest absolute Gasteiger partial charge is 0.181 e. The molecule has 0 saturated heterocycles. The fourth-order valence-corrected chi connectivity index (χ4v) is 3.59. The Morgan fingerprint density at radius 1 is 1.29 bits per heavy atom. The Bertz CT molecular complexity index is 529. The Morgan fingerprint density at radius 3 is 2.24 bits per heavy atom. The van der Waals surface area contributed by atoms with Gasteiger partial charge in [0.2, 0.25) is 0 Å². The standard InChI is InChI=1S/C12H13BrO3S/c1-8(14)12(13)9-2-4-10(5-3-9)17(15,16)11-6-7-11/h2-5,11-12H,6-7H2,1H3. The Balaban J connectivity index is 2.27. The fraction of sp³-hybridized carbons (Fsp3) is 0.417. The molecule has 1 atom stereocenters. The molecule has 2 rings (SSSR count). The largest absolute Gasteiger partial charge is 0.298 e. The molecule has 1 aliphatic rings. The van der Waals surface area contributed by atoms with Crippen LogP contribution in [0, 0.1) is 0 Å². The van der Waals surface area contributed by atoms with E-state index in [1.54, 1.807) is 24.3 Å². The number of rotatable bonds is 4. The van der Waals surface area contributed by atoms with Crippen molar-refractivity contribution in [2.45, 2.75) is 34.7 Å². The summed E-state index contributed by atoms with van der Waals surface area (Å²) >= 11 is 3.27. The van der Waals surface area contributed by atoms with Gasteiger partial charge in [0.05, 0.1) is 15.0 Å². The van der Waals surface area contributed by atoms with Crippen LogP contribution in [0.15, 0.2) is 29.2 Å². The predicted octanol–water partition coefficient (Wildman–Crippen LogP) is 2.65. The van der Waals surface area contributed by atoms with Crippen molar-refractivity contribution >= 4 is 31.6 Å². The van der Waals surface area contributed by atoms with E-state index in [1.807, 2.05) is 0 Å². The van der Waals surface area contributed by atoms with Gasteiger partial charge in [0.1, 0.15) is 5.78 Å². The van der Waals surface area contributed by atoms with Crippen molar-refractivity contribution < 1.29 is 13.2 Å². The van der Waals surface area contributed by atoms with Crippen molar-refractivity contribution in [3.63, 3.8) is 0 Å². The Kier molecular flexibility index (Phi) is 3.41. The minimum Gasteiger partial charge on any atom is -0.298 e. The first-order valence-corrected chi connectivity index (χ1v) is 7.87. The van der Waals surface area contributed by atoms with Crippen LogP contribution in [0.25, 0.3) is 0 Å². The summed E-state index contributed by atoms with van der Waals surface area (Å²) in [6, 6.07) is 6.55. The second-order valence-corrected chi connectivity index (χ2v) is 7.43. The number of sulfone groups is 1. The average Bonchev–Trinajstić information content (AvgIpc) is 3.12. The lowest BCUT2D eigenvalue weighted by Gasteiger charge is -2.07. The molecule has 0 aromatic heterocycles. The summed E-state index contributed by atoms with van der Waals surface area (Å²) < 4.78 is 23.9. The van der Waals surface area contributed by atoms with Crippen LogP contribution >= 0.6 is 15.9 Å². The number of alkyl halides is 1. The molecule has 1 unspecified atom stereocenters. The number of halogens is 1. The van der Waals surface area contributed by atoms with Gasteiger partial charge in [-0.1, -0.05) is 28.1 Å². The summed E-state index contributed by atoms with van der Waals surface area (Å²) in [5.74, 6) is 0.00259. The lowest BCUT2D eigenvalue weighted by molar-refractivity contribution is -0.116. The average molecular weight is 317 g/mol. The SMILES string of the molecule is CC(=O)C(Br)c1ccc(S(=O)(=O)C2CC2)cc1. The van der Waals surface area contributed by atoms with Gasteiger partial charge in [0.25, 0.3) is 0 Å². The monoisotopic (exact) mass is 316 g/mol. The number of hydrogen-bond donors (Lipinski definition) is 0. The predicted molar refractivity (Wildman–Crippen MR) is 69.0 cm³/mol. The van der Waals surface area contributed by atoms with Crippen LogP contribution in [0.4, 0.5) is 0 Å². The van der Waals surface area contributed by atoms with Crippen LogP contribution in [0.3, 0.4) is 0 Å². The van der Waals surface area contributed by atoms with Crippen molar-refractivity contribution in [2.75, 3.05) is 0 Å². The highest BCUT2D eigenvalue weighted by atomic mass is 79.9. The van der Waals surface area contributed by atoms with Gasteiger partial charge in [0, 0.05) is 0 Å². The Hall–Kier alpha value is -0.680. The third kappa shape index (κ3) is 2.60. The number of ketones is 1. The van der Waals surface area contributed by atoms with Crippen molar-refractivity contribution in [1.29, 1.82) is 0 Å².